The Morgan fingerprint density at radius 2 is 1.96 bits per heavy atom. The van der Waals surface area contributed by atoms with Crippen LogP contribution in [0.15, 0.2) is 30.6 Å². The maximum atomic E-state index is 12.2. The Labute approximate surface area is 168 Å². The van der Waals surface area contributed by atoms with Crippen molar-refractivity contribution >= 4 is 35.0 Å². The molecule has 2 amide bonds. The molecule has 0 bridgehead atoms. The normalized spacial score (nSPS) is 19.5. The van der Waals surface area contributed by atoms with Crippen molar-refractivity contribution in [3.63, 3.8) is 0 Å². The molecule has 8 heteroatoms. The highest BCUT2D eigenvalue weighted by Gasteiger charge is 2.24. The molecule has 1 heterocycles. The molecule has 1 fully saturated rings. The Balaban J connectivity index is 1.43. The van der Waals surface area contributed by atoms with Crippen molar-refractivity contribution in [3.05, 3.63) is 51.8 Å². The van der Waals surface area contributed by atoms with Crippen molar-refractivity contribution in [2.24, 2.45) is 0 Å². The number of nitrogens with zero attached hydrogens (tertiary/aromatic N) is 2. The van der Waals surface area contributed by atoms with E-state index >= 15 is 0 Å². The number of hydrogen-bond acceptors (Lipinski definition) is 3. The first-order chi connectivity index (χ1) is 12.9. The molecule has 1 aliphatic rings. The molecule has 0 spiro atoms. The van der Waals surface area contributed by atoms with Crippen molar-refractivity contribution in [2.45, 2.75) is 44.7 Å². The fourth-order valence-corrected chi connectivity index (χ4v) is 3.70. The summed E-state index contributed by atoms with van der Waals surface area (Å²) < 4.78 is 2.02. The summed E-state index contributed by atoms with van der Waals surface area (Å²) in [4.78, 5) is 24.3. The Hall–Kier alpha value is -2.05. The molecular weight excluding hydrogens is 387 g/mol. The number of carbonyl (C=O) groups is 2. The van der Waals surface area contributed by atoms with Gasteiger partial charge in [0, 0.05) is 17.3 Å². The Morgan fingerprint density at radius 3 is 2.63 bits per heavy atom. The van der Waals surface area contributed by atoms with Crippen LogP contribution in [-0.2, 0) is 4.79 Å². The van der Waals surface area contributed by atoms with E-state index in [2.05, 4.69) is 21.9 Å². The van der Waals surface area contributed by atoms with Crippen molar-refractivity contribution in [3.8, 4) is 0 Å². The number of nitrogens with one attached hydrogen (secondary N) is 2. The number of rotatable bonds is 5. The molecule has 1 aliphatic carbocycles. The maximum Gasteiger partial charge on any atom is 0.253 e. The SMILES string of the molecule is Cc1cnn(C2CCC(NC(=O)CNC(=O)c3cc(Cl)ccc3Cl)CC2)c1. The molecule has 2 aromatic rings. The average Bonchev–Trinajstić information content (AvgIpc) is 3.09. The number of hydrogen-bond donors (Lipinski definition) is 2. The molecule has 0 radical (unpaired) electrons. The lowest BCUT2D eigenvalue weighted by molar-refractivity contribution is -0.121. The van der Waals surface area contributed by atoms with E-state index in [9.17, 15) is 9.59 Å². The van der Waals surface area contributed by atoms with Gasteiger partial charge in [0.1, 0.15) is 0 Å². The summed E-state index contributed by atoms with van der Waals surface area (Å²) in [5, 5.41) is 10.7. The van der Waals surface area contributed by atoms with Crippen LogP contribution in [0.1, 0.15) is 47.6 Å². The van der Waals surface area contributed by atoms with E-state index in [1.54, 1.807) is 12.1 Å². The predicted octanol–water partition coefficient (Wildman–Crippen LogP) is 3.53. The lowest BCUT2D eigenvalue weighted by Gasteiger charge is -2.29. The number of aryl methyl sites for hydroxylation is 1. The number of aromatic nitrogens is 2. The second-order valence-corrected chi connectivity index (χ2v) is 7.72. The fraction of sp³-hybridized carbons (Fsp3) is 0.421. The van der Waals surface area contributed by atoms with Gasteiger partial charge in [-0.25, -0.2) is 0 Å². The van der Waals surface area contributed by atoms with Gasteiger partial charge in [0.2, 0.25) is 5.91 Å². The molecule has 1 aromatic heterocycles. The molecule has 1 aromatic carbocycles. The quantitative estimate of drug-likeness (QED) is 0.794. The summed E-state index contributed by atoms with van der Waals surface area (Å²) in [5.74, 6) is -0.629. The molecule has 3 rings (SSSR count). The monoisotopic (exact) mass is 408 g/mol. The van der Waals surface area contributed by atoms with E-state index in [4.69, 9.17) is 23.2 Å². The van der Waals surface area contributed by atoms with Gasteiger partial charge in [-0.15, -0.1) is 0 Å². The molecule has 1 saturated carbocycles. The van der Waals surface area contributed by atoms with E-state index in [1.165, 1.54) is 6.07 Å². The molecule has 2 N–H and O–H groups in total. The third-order valence-electron chi connectivity index (χ3n) is 4.75. The van der Waals surface area contributed by atoms with E-state index < -0.39 is 5.91 Å². The average molecular weight is 409 g/mol. The second-order valence-electron chi connectivity index (χ2n) is 6.88. The molecule has 0 saturated heterocycles. The first-order valence-electron chi connectivity index (χ1n) is 8.95. The Bertz CT molecular complexity index is 829. The van der Waals surface area contributed by atoms with E-state index in [-0.39, 0.29) is 24.1 Å². The van der Waals surface area contributed by atoms with Gasteiger partial charge >= 0.3 is 0 Å². The maximum absolute atomic E-state index is 12.2. The predicted molar refractivity (Wildman–Crippen MR) is 105 cm³/mol. The Morgan fingerprint density at radius 1 is 1.22 bits per heavy atom. The lowest BCUT2D eigenvalue weighted by Crippen LogP contribution is -2.43. The second kappa shape index (κ2) is 8.76. The lowest BCUT2D eigenvalue weighted by atomic mass is 9.91. The zero-order chi connectivity index (χ0) is 19.4. The minimum absolute atomic E-state index is 0.0973. The highest BCUT2D eigenvalue weighted by Crippen LogP contribution is 2.28. The van der Waals surface area contributed by atoms with Crippen LogP contribution in [0, 0.1) is 6.92 Å². The largest absolute Gasteiger partial charge is 0.352 e. The van der Waals surface area contributed by atoms with Crippen molar-refractivity contribution < 1.29 is 9.59 Å². The summed E-state index contributed by atoms with van der Waals surface area (Å²) in [6.07, 6.45) is 7.64. The molecule has 27 heavy (non-hydrogen) atoms. The third kappa shape index (κ3) is 5.23. The summed E-state index contributed by atoms with van der Waals surface area (Å²) in [6, 6.07) is 5.15. The number of amides is 2. The van der Waals surface area contributed by atoms with Crippen molar-refractivity contribution in [2.75, 3.05) is 6.54 Å². The van der Waals surface area contributed by atoms with Crippen LogP contribution in [-0.4, -0.2) is 34.2 Å². The zero-order valence-electron chi connectivity index (χ0n) is 15.0. The minimum Gasteiger partial charge on any atom is -0.352 e. The standard InChI is InChI=1S/C19H22Cl2N4O2/c1-12-9-23-25(11-12)15-5-3-14(4-6-15)24-18(26)10-22-19(27)16-8-13(20)2-7-17(16)21/h2,7-9,11,14-15H,3-6,10H2,1H3,(H,22,27)(H,24,26). The van der Waals surface area contributed by atoms with Crippen LogP contribution in [0.4, 0.5) is 0 Å². The topological polar surface area (TPSA) is 76.0 Å². The van der Waals surface area contributed by atoms with E-state index in [0.29, 0.717) is 16.1 Å². The van der Waals surface area contributed by atoms with Gasteiger partial charge in [0.05, 0.1) is 29.4 Å². The van der Waals surface area contributed by atoms with Gasteiger partial charge in [-0.3, -0.25) is 14.3 Å². The van der Waals surface area contributed by atoms with Crippen LogP contribution < -0.4 is 10.6 Å². The van der Waals surface area contributed by atoms with E-state index in [1.807, 2.05) is 17.8 Å². The summed E-state index contributed by atoms with van der Waals surface area (Å²) in [7, 11) is 0. The fourth-order valence-electron chi connectivity index (χ4n) is 3.32. The highest BCUT2D eigenvalue weighted by molar-refractivity contribution is 6.35. The van der Waals surface area contributed by atoms with Crippen molar-refractivity contribution in [1.82, 2.24) is 20.4 Å². The van der Waals surface area contributed by atoms with Gasteiger partial charge in [0.15, 0.2) is 0 Å². The summed E-state index contributed by atoms with van der Waals surface area (Å²) in [6.45, 7) is 1.93. The van der Waals surface area contributed by atoms with Crippen LogP contribution in [0.3, 0.4) is 0 Å². The first kappa shape index (κ1) is 19.7. The molecule has 6 nitrogen and oxygen atoms in total. The molecule has 0 aliphatic heterocycles. The summed E-state index contributed by atoms with van der Waals surface area (Å²) >= 11 is 11.9. The van der Waals surface area contributed by atoms with Gasteiger partial charge < -0.3 is 10.6 Å². The van der Waals surface area contributed by atoms with Crippen LogP contribution >= 0.6 is 23.2 Å². The van der Waals surface area contributed by atoms with Gasteiger partial charge in [-0.2, -0.15) is 5.10 Å². The van der Waals surface area contributed by atoms with E-state index in [0.717, 1.165) is 31.2 Å². The van der Waals surface area contributed by atoms with Crippen LogP contribution in [0.5, 0.6) is 0 Å². The molecular formula is C19H22Cl2N4O2. The highest BCUT2D eigenvalue weighted by atomic mass is 35.5. The minimum atomic E-state index is -0.421. The molecule has 0 atom stereocenters. The first-order valence-corrected chi connectivity index (χ1v) is 9.71. The van der Waals surface area contributed by atoms with Gasteiger partial charge in [-0.1, -0.05) is 23.2 Å². The van der Waals surface area contributed by atoms with Crippen LogP contribution in [0.25, 0.3) is 0 Å². The molecule has 144 valence electrons. The number of halogens is 2. The summed E-state index contributed by atoms with van der Waals surface area (Å²) in [5.41, 5.74) is 1.41. The zero-order valence-corrected chi connectivity index (χ0v) is 16.6. The smallest absolute Gasteiger partial charge is 0.253 e. The number of carbonyl (C=O) groups excluding carboxylic acids is 2. The third-order valence-corrected chi connectivity index (χ3v) is 5.31. The van der Waals surface area contributed by atoms with Crippen LogP contribution in [0.2, 0.25) is 10.0 Å². The van der Waals surface area contributed by atoms with Gasteiger partial charge in [-0.05, 0) is 56.4 Å². The van der Waals surface area contributed by atoms with Crippen molar-refractivity contribution in [1.29, 1.82) is 0 Å². The van der Waals surface area contributed by atoms with Gasteiger partial charge in [0.25, 0.3) is 5.91 Å². The molecule has 0 unspecified atom stereocenters. The number of benzene rings is 1. The Kier molecular flexibility index (Phi) is 6.39.